The van der Waals surface area contributed by atoms with Gasteiger partial charge in [0.1, 0.15) is 11.2 Å². The minimum atomic E-state index is -0.341. The van der Waals surface area contributed by atoms with Gasteiger partial charge in [0.15, 0.2) is 5.58 Å². The van der Waals surface area contributed by atoms with Crippen LogP contribution >= 0.6 is 0 Å². The first kappa shape index (κ1) is 21.4. The van der Waals surface area contributed by atoms with Gasteiger partial charge in [-0.2, -0.15) is 0 Å². The molecule has 3 heterocycles. The Morgan fingerprint density at radius 1 is 0.943 bits per heavy atom. The van der Waals surface area contributed by atoms with Crippen molar-refractivity contribution in [3.05, 3.63) is 84.2 Å². The number of anilines is 1. The third kappa shape index (κ3) is 4.37. The first-order chi connectivity index (χ1) is 17.2. The van der Waals surface area contributed by atoms with Crippen LogP contribution in [0.4, 0.5) is 5.69 Å². The molecule has 8 heteroatoms. The van der Waals surface area contributed by atoms with Gasteiger partial charge in [0.05, 0.1) is 28.5 Å². The highest BCUT2D eigenvalue weighted by Crippen LogP contribution is 2.32. The number of nitrogens with one attached hydrogen (secondary N) is 2. The van der Waals surface area contributed by atoms with Crippen LogP contribution in [0.15, 0.2) is 77.3 Å². The number of carbonyl (C=O) groups is 1. The van der Waals surface area contributed by atoms with Gasteiger partial charge < -0.3 is 15.1 Å². The lowest BCUT2D eigenvalue weighted by Gasteiger charge is -2.27. The molecule has 2 aromatic heterocycles. The van der Waals surface area contributed by atoms with Crippen molar-refractivity contribution in [2.75, 3.05) is 31.5 Å². The van der Waals surface area contributed by atoms with Crippen molar-refractivity contribution in [1.82, 2.24) is 25.2 Å². The van der Waals surface area contributed by atoms with Crippen LogP contribution in [-0.2, 0) is 6.54 Å². The summed E-state index contributed by atoms with van der Waals surface area (Å²) in [7, 11) is 0. The molecule has 0 bridgehead atoms. The monoisotopic (exact) mass is 464 g/mol. The van der Waals surface area contributed by atoms with E-state index in [0.717, 1.165) is 54.9 Å². The quantitative estimate of drug-likeness (QED) is 0.404. The Kier molecular flexibility index (Phi) is 5.65. The Labute approximate surface area is 202 Å². The highest BCUT2D eigenvalue weighted by molar-refractivity contribution is 6.05. The molecule has 5 aromatic rings. The zero-order valence-electron chi connectivity index (χ0n) is 19.1. The zero-order valence-corrected chi connectivity index (χ0v) is 19.1. The van der Waals surface area contributed by atoms with Gasteiger partial charge in [-0.05, 0) is 35.9 Å². The van der Waals surface area contributed by atoms with Gasteiger partial charge in [0.2, 0.25) is 5.89 Å². The molecular weight excluding hydrogens is 440 g/mol. The minimum Gasteiger partial charge on any atom is -0.436 e. The summed E-state index contributed by atoms with van der Waals surface area (Å²) in [6.07, 6.45) is 1.49. The lowest BCUT2D eigenvalue weighted by molar-refractivity contribution is 0.102. The van der Waals surface area contributed by atoms with Crippen molar-refractivity contribution in [1.29, 1.82) is 0 Å². The lowest BCUT2D eigenvalue weighted by atomic mass is 10.1. The fourth-order valence-corrected chi connectivity index (χ4v) is 4.39. The fraction of sp³-hybridized carbons (Fsp3) is 0.185. The molecule has 0 atom stereocenters. The Hall–Kier alpha value is -4.14. The second-order valence-electron chi connectivity index (χ2n) is 8.55. The predicted molar refractivity (Wildman–Crippen MR) is 135 cm³/mol. The van der Waals surface area contributed by atoms with Crippen LogP contribution in [0.2, 0.25) is 0 Å². The summed E-state index contributed by atoms with van der Waals surface area (Å²) >= 11 is 0. The molecule has 0 saturated carbocycles. The Morgan fingerprint density at radius 3 is 2.63 bits per heavy atom. The number of piperazine rings is 1. The average Bonchev–Trinajstić information content (AvgIpc) is 3.35. The van der Waals surface area contributed by atoms with E-state index in [2.05, 4.69) is 31.6 Å². The van der Waals surface area contributed by atoms with E-state index in [4.69, 9.17) is 9.40 Å². The largest absolute Gasteiger partial charge is 0.436 e. The molecule has 6 rings (SSSR count). The third-order valence-electron chi connectivity index (χ3n) is 6.19. The molecular formula is C27H24N6O2. The van der Waals surface area contributed by atoms with Crippen molar-refractivity contribution < 1.29 is 9.21 Å². The van der Waals surface area contributed by atoms with Crippen molar-refractivity contribution in [2.24, 2.45) is 0 Å². The van der Waals surface area contributed by atoms with Gasteiger partial charge >= 0.3 is 0 Å². The number of rotatable bonds is 5. The molecule has 0 unspecified atom stereocenters. The normalized spacial score (nSPS) is 14.4. The highest BCUT2D eigenvalue weighted by atomic mass is 16.3. The van der Waals surface area contributed by atoms with Crippen LogP contribution in [0.1, 0.15) is 16.1 Å². The molecule has 0 aliphatic carbocycles. The van der Waals surface area contributed by atoms with E-state index < -0.39 is 0 Å². The molecule has 1 aliphatic heterocycles. The number of benzene rings is 3. The zero-order chi connectivity index (χ0) is 23.6. The summed E-state index contributed by atoms with van der Waals surface area (Å²) in [6.45, 7) is 4.83. The summed E-state index contributed by atoms with van der Waals surface area (Å²) < 4.78 is 6.15. The van der Waals surface area contributed by atoms with E-state index in [-0.39, 0.29) is 11.6 Å². The lowest BCUT2D eigenvalue weighted by Crippen LogP contribution is -2.42. The number of nitrogens with zero attached hydrogens (tertiary/aromatic N) is 4. The summed E-state index contributed by atoms with van der Waals surface area (Å²) in [5.74, 6) is 0.125. The molecule has 174 valence electrons. The number of hydrogen-bond acceptors (Lipinski definition) is 7. The van der Waals surface area contributed by atoms with Gasteiger partial charge in [-0.25, -0.2) is 9.97 Å². The van der Waals surface area contributed by atoms with E-state index in [0.29, 0.717) is 22.7 Å². The number of para-hydroxylation sites is 4. The number of fused-ring (bicyclic) bond motifs is 2. The summed E-state index contributed by atoms with van der Waals surface area (Å²) in [5, 5.41) is 6.34. The average molecular weight is 465 g/mol. The molecule has 0 spiro atoms. The van der Waals surface area contributed by atoms with Gasteiger partial charge in [-0.3, -0.25) is 14.7 Å². The second-order valence-corrected chi connectivity index (χ2v) is 8.55. The van der Waals surface area contributed by atoms with Crippen LogP contribution in [0.3, 0.4) is 0 Å². The van der Waals surface area contributed by atoms with Crippen LogP contribution in [0.25, 0.3) is 33.6 Å². The molecule has 0 radical (unpaired) electrons. The minimum absolute atomic E-state index is 0.245. The van der Waals surface area contributed by atoms with E-state index in [9.17, 15) is 4.79 Å². The molecule has 8 nitrogen and oxygen atoms in total. The van der Waals surface area contributed by atoms with E-state index in [1.807, 2.05) is 60.7 Å². The second kappa shape index (κ2) is 9.25. The first-order valence-electron chi connectivity index (χ1n) is 11.7. The van der Waals surface area contributed by atoms with Crippen LogP contribution in [0.5, 0.6) is 0 Å². The molecule has 1 amide bonds. The maximum Gasteiger partial charge on any atom is 0.275 e. The van der Waals surface area contributed by atoms with Crippen molar-refractivity contribution in [3.63, 3.8) is 0 Å². The first-order valence-corrected chi connectivity index (χ1v) is 11.7. The number of carbonyl (C=O) groups excluding carboxylic acids is 1. The Morgan fingerprint density at radius 2 is 1.74 bits per heavy atom. The van der Waals surface area contributed by atoms with Crippen molar-refractivity contribution >= 4 is 33.7 Å². The molecule has 2 N–H and O–H groups in total. The van der Waals surface area contributed by atoms with Crippen LogP contribution in [-0.4, -0.2) is 51.9 Å². The topological polar surface area (TPSA) is 96.2 Å². The smallest absolute Gasteiger partial charge is 0.275 e. The molecule has 35 heavy (non-hydrogen) atoms. The van der Waals surface area contributed by atoms with Gasteiger partial charge in [0, 0.05) is 32.7 Å². The van der Waals surface area contributed by atoms with E-state index >= 15 is 0 Å². The number of amides is 1. The van der Waals surface area contributed by atoms with Crippen LogP contribution < -0.4 is 10.6 Å². The summed E-state index contributed by atoms with van der Waals surface area (Å²) in [5.41, 5.74) is 5.68. The third-order valence-corrected chi connectivity index (χ3v) is 6.19. The molecule has 1 saturated heterocycles. The Balaban J connectivity index is 1.30. The van der Waals surface area contributed by atoms with Gasteiger partial charge in [-0.15, -0.1) is 0 Å². The number of aromatic nitrogens is 3. The fourth-order valence-electron chi connectivity index (χ4n) is 4.39. The van der Waals surface area contributed by atoms with Crippen molar-refractivity contribution in [3.8, 4) is 11.5 Å². The van der Waals surface area contributed by atoms with Gasteiger partial charge in [-0.1, -0.05) is 36.4 Å². The highest BCUT2D eigenvalue weighted by Gasteiger charge is 2.18. The van der Waals surface area contributed by atoms with E-state index in [1.165, 1.54) is 6.20 Å². The SMILES string of the molecule is O=C(Nc1ccccc1-c1nc2c(CN3CCNCC3)cccc2o1)c1cnc2ccccc2n1. The molecule has 1 fully saturated rings. The summed E-state index contributed by atoms with van der Waals surface area (Å²) in [6, 6.07) is 21.0. The van der Waals surface area contributed by atoms with E-state index in [1.54, 1.807) is 0 Å². The standard InChI is InChI=1S/C27H24N6O2/c34-26(23-16-29-21-9-3-4-10-22(21)30-23)31-20-8-2-1-7-19(20)27-32-25-18(6-5-11-24(25)35-27)17-33-14-12-28-13-15-33/h1-11,16,28H,12-15,17H2,(H,31,34). The maximum absolute atomic E-state index is 13.0. The van der Waals surface area contributed by atoms with Crippen LogP contribution in [0, 0.1) is 0 Å². The van der Waals surface area contributed by atoms with Crippen molar-refractivity contribution in [2.45, 2.75) is 6.54 Å². The number of oxazole rings is 1. The Bertz CT molecular complexity index is 1520. The predicted octanol–water partition coefficient (Wildman–Crippen LogP) is 4.10. The van der Waals surface area contributed by atoms with Gasteiger partial charge in [0.25, 0.3) is 5.91 Å². The summed E-state index contributed by atoms with van der Waals surface area (Å²) in [4.78, 5) is 29.1. The maximum atomic E-state index is 13.0. The molecule has 1 aliphatic rings. The molecule has 3 aromatic carbocycles. The number of hydrogen-bond donors (Lipinski definition) is 2.